The summed E-state index contributed by atoms with van der Waals surface area (Å²) in [7, 11) is 0. The Morgan fingerprint density at radius 2 is 1.81 bits per heavy atom. The minimum atomic E-state index is -1.47. The van der Waals surface area contributed by atoms with E-state index in [2.05, 4.69) is 5.32 Å². The monoisotopic (exact) mass is 304 g/mol. The highest BCUT2D eigenvalue weighted by Crippen LogP contribution is 2.21. The van der Waals surface area contributed by atoms with Gasteiger partial charge in [-0.1, -0.05) is 0 Å². The molecule has 2 rings (SSSR count). The molecule has 5 atom stereocenters. The van der Waals surface area contributed by atoms with Crippen LogP contribution in [0.3, 0.4) is 0 Å². The van der Waals surface area contributed by atoms with E-state index in [9.17, 15) is 20.1 Å². The molecule has 6 N–H and O–H groups in total. The highest BCUT2D eigenvalue weighted by atomic mass is 16.5. The largest absolute Gasteiger partial charge is 0.388 e. The van der Waals surface area contributed by atoms with Crippen LogP contribution in [0.5, 0.6) is 0 Å². The summed E-state index contributed by atoms with van der Waals surface area (Å²) in [6.07, 6.45) is -4.57. The number of amides is 1. The van der Waals surface area contributed by atoms with Gasteiger partial charge in [-0.2, -0.15) is 0 Å². The maximum Gasteiger partial charge on any atom is 0.251 e. The van der Waals surface area contributed by atoms with E-state index in [-0.39, 0.29) is 6.54 Å². The molecule has 2 heterocycles. The van der Waals surface area contributed by atoms with Gasteiger partial charge in [0, 0.05) is 26.3 Å². The number of carbonyl (C=O) groups is 1. The van der Waals surface area contributed by atoms with Gasteiger partial charge in [0.25, 0.3) is 5.91 Å². The molecule has 0 bridgehead atoms. The first kappa shape index (κ1) is 16.6. The Balaban J connectivity index is 1.87. The summed E-state index contributed by atoms with van der Waals surface area (Å²) in [6.45, 7) is 1.79. The van der Waals surface area contributed by atoms with Crippen LogP contribution in [0, 0.1) is 5.92 Å². The summed E-state index contributed by atoms with van der Waals surface area (Å²) in [5, 5.41) is 32.0. The second-order valence-corrected chi connectivity index (χ2v) is 5.60. The third-order valence-electron chi connectivity index (χ3n) is 4.11. The Morgan fingerprint density at radius 3 is 2.43 bits per heavy atom. The van der Waals surface area contributed by atoms with E-state index >= 15 is 0 Å². The Labute approximate surface area is 123 Å². The molecule has 0 aromatic carbocycles. The van der Waals surface area contributed by atoms with Gasteiger partial charge in [0.2, 0.25) is 0 Å². The Kier molecular flexibility index (Phi) is 5.91. The predicted octanol–water partition coefficient (Wildman–Crippen LogP) is -2.66. The summed E-state index contributed by atoms with van der Waals surface area (Å²) < 4.78 is 10.6. The van der Waals surface area contributed by atoms with Crippen LogP contribution >= 0.6 is 0 Å². The molecule has 2 aliphatic heterocycles. The quantitative estimate of drug-likeness (QED) is 0.382. The molecule has 0 spiro atoms. The second-order valence-electron chi connectivity index (χ2n) is 5.60. The summed E-state index contributed by atoms with van der Waals surface area (Å²) in [5.74, 6) is -0.164. The van der Waals surface area contributed by atoms with Crippen LogP contribution in [0.25, 0.3) is 0 Å². The number of rotatable bonds is 4. The summed E-state index contributed by atoms with van der Waals surface area (Å²) >= 11 is 0. The lowest BCUT2D eigenvalue weighted by atomic mass is 9.94. The van der Waals surface area contributed by atoms with E-state index in [1.54, 1.807) is 0 Å². The van der Waals surface area contributed by atoms with E-state index in [0.717, 1.165) is 12.8 Å². The standard InChI is InChI=1S/C13H24N2O6/c14-5-8-9(16)10(17)11(18)12(21-8)13(19)15-6-7-1-3-20-4-2-7/h7-12,16-18H,1-6,14H2,(H,15,19)/t8-,9-,10+,11+,12-/m0/s1. The number of hydrogen-bond acceptors (Lipinski definition) is 7. The van der Waals surface area contributed by atoms with E-state index in [0.29, 0.717) is 25.7 Å². The van der Waals surface area contributed by atoms with E-state index < -0.39 is 36.4 Å². The van der Waals surface area contributed by atoms with Gasteiger partial charge >= 0.3 is 0 Å². The zero-order valence-electron chi connectivity index (χ0n) is 11.9. The third kappa shape index (κ3) is 3.91. The molecule has 0 radical (unpaired) electrons. The molecule has 122 valence electrons. The van der Waals surface area contributed by atoms with Crippen LogP contribution < -0.4 is 11.1 Å². The maximum absolute atomic E-state index is 12.1. The van der Waals surface area contributed by atoms with E-state index in [1.165, 1.54) is 0 Å². The van der Waals surface area contributed by atoms with Gasteiger partial charge < -0.3 is 35.8 Å². The van der Waals surface area contributed by atoms with Crippen molar-refractivity contribution in [3.63, 3.8) is 0 Å². The minimum Gasteiger partial charge on any atom is -0.388 e. The third-order valence-corrected chi connectivity index (χ3v) is 4.11. The van der Waals surface area contributed by atoms with Gasteiger partial charge in [-0.25, -0.2) is 0 Å². The van der Waals surface area contributed by atoms with Crippen molar-refractivity contribution in [2.45, 2.75) is 43.4 Å². The number of nitrogens with one attached hydrogen (secondary N) is 1. The van der Waals surface area contributed by atoms with E-state index in [1.807, 2.05) is 0 Å². The molecule has 0 aliphatic carbocycles. The average Bonchev–Trinajstić information content (AvgIpc) is 2.52. The topological polar surface area (TPSA) is 134 Å². The van der Waals surface area contributed by atoms with E-state index in [4.69, 9.17) is 15.2 Å². The Bertz CT molecular complexity index is 348. The first-order valence-corrected chi connectivity index (χ1v) is 7.29. The van der Waals surface area contributed by atoms with Gasteiger partial charge in [0.1, 0.15) is 18.3 Å². The SMILES string of the molecule is NC[C@@H]1O[C@H](C(=O)NCC2CCOCC2)[C@H](O)[C@H](O)[C@H]1O. The van der Waals surface area contributed by atoms with Crippen molar-refractivity contribution in [3.8, 4) is 0 Å². The van der Waals surface area contributed by atoms with Crippen LogP contribution in [0.4, 0.5) is 0 Å². The molecule has 0 aromatic heterocycles. The van der Waals surface area contributed by atoms with Crippen LogP contribution in [0.1, 0.15) is 12.8 Å². The lowest BCUT2D eigenvalue weighted by Gasteiger charge is -2.39. The highest BCUT2D eigenvalue weighted by molar-refractivity contribution is 5.81. The fourth-order valence-corrected chi connectivity index (χ4v) is 2.66. The van der Waals surface area contributed by atoms with Gasteiger partial charge in [0.15, 0.2) is 6.10 Å². The average molecular weight is 304 g/mol. The van der Waals surface area contributed by atoms with Gasteiger partial charge in [-0.05, 0) is 18.8 Å². The number of nitrogens with two attached hydrogens (primary N) is 1. The van der Waals surface area contributed by atoms with Crippen LogP contribution in [0.2, 0.25) is 0 Å². The molecule has 0 saturated carbocycles. The lowest BCUT2D eigenvalue weighted by Crippen LogP contribution is -2.63. The summed E-state index contributed by atoms with van der Waals surface area (Å²) in [5.41, 5.74) is 5.43. The first-order valence-electron chi connectivity index (χ1n) is 7.29. The number of ether oxygens (including phenoxy) is 2. The smallest absolute Gasteiger partial charge is 0.251 e. The molecule has 8 nitrogen and oxygen atoms in total. The zero-order valence-corrected chi connectivity index (χ0v) is 11.9. The maximum atomic E-state index is 12.1. The molecule has 1 amide bonds. The second kappa shape index (κ2) is 7.48. The lowest BCUT2D eigenvalue weighted by molar-refractivity contribution is -0.218. The zero-order chi connectivity index (χ0) is 15.4. The van der Waals surface area contributed by atoms with Crippen molar-refractivity contribution in [2.24, 2.45) is 11.7 Å². The van der Waals surface area contributed by atoms with Crippen molar-refractivity contribution in [1.82, 2.24) is 5.32 Å². The summed E-state index contributed by atoms with van der Waals surface area (Å²) in [4.78, 5) is 12.1. The molecular weight excluding hydrogens is 280 g/mol. The Hall–Kier alpha value is -0.770. The summed E-state index contributed by atoms with van der Waals surface area (Å²) in [6, 6.07) is 0. The fourth-order valence-electron chi connectivity index (χ4n) is 2.66. The van der Waals surface area contributed by atoms with Crippen molar-refractivity contribution in [3.05, 3.63) is 0 Å². The van der Waals surface area contributed by atoms with Crippen LogP contribution in [-0.2, 0) is 14.3 Å². The molecular formula is C13H24N2O6. The van der Waals surface area contributed by atoms with Crippen molar-refractivity contribution >= 4 is 5.91 Å². The fraction of sp³-hybridized carbons (Fsp3) is 0.923. The van der Waals surface area contributed by atoms with Crippen LogP contribution in [-0.4, -0.2) is 78.0 Å². The van der Waals surface area contributed by atoms with Gasteiger partial charge in [0.05, 0.1) is 6.10 Å². The highest BCUT2D eigenvalue weighted by Gasteiger charge is 2.46. The molecule has 8 heteroatoms. The molecule has 2 saturated heterocycles. The van der Waals surface area contributed by atoms with Crippen LogP contribution in [0.15, 0.2) is 0 Å². The Morgan fingerprint density at radius 1 is 1.14 bits per heavy atom. The number of carbonyl (C=O) groups excluding carboxylic acids is 1. The molecule has 0 unspecified atom stereocenters. The molecule has 2 fully saturated rings. The predicted molar refractivity (Wildman–Crippen MR) is 72.3 cm³/mol. The van der Waals surface area contributed by atoms with Gasteiger partial charge in [-0.3, -0.25) is 4.79 Å². The molecule has 2 aliphatic rings. The number of aliphatic hydroxyl groups excluding tert-OH is 3. The normalized spacial score (nSPS) is 38.2. The number of hydrogen-bond donors (Lipinski definition) is 5. The number of aliphatic hydroxyl groups is 3. The minimum absolute atomic E-state index is 0.0469. The van der Waals surface area contributed by atoms with Crippen molar-refractivity contribution in [2.75, 3.05) is 26.3 Å². The van der Waals surface area contributed by atoms with Gasteiger partial charge in [-0.15, -0.1) is 0 Å². The van der Waals surface area contributed by atoms with Crippen molar-refractivity contribution < 1.29 is 29.6 Å². The molecule has 0 aromatic rings. The molecule has 21 heavy (non-hydrogen) atoms. The first-order chi connectivity index (χ1) is 10.0. The van der Waals surface area contributed by atoms with Crippen molar-refractivity contribution in [1.29, 1.82) is 0 Å².